The summed E-state index contributed by atoms with van der Waals surface area (Å²) in [6.07, 6.45) is -0.0448. The van der Waals surface area contributed by atoms with Gasteiger partial charge in [-0.3, -0.25) is 19.7 Å². The molecule has 0 aliphatic heterocycles. The molecule has 0 fully saturated rings. The summed E-state index contributed by atoms with van der Waals surface area (Å²) < 4.78 is 38.2. The predicted octanol–water partition coefficient (Wildman–Crippen LogP) is 2.34. The molecule has 7 nitrogen and oxygen atoms in total. The number of hydrogen-bond acceptors (Lipinski definition) is 6. The van der Waals surface area contributed by atoms with Crippen LogP contribution in [0.25, 0.3) is 0 Å². The van der Waals surface area contributed by atoms with Crippen LogP contribution in [-0.4, -0.2) is 38.1 Å². The van der Waals surface area contributed by atoms with Crippen molar-refractivity contribution >= 4 is 17.8 Å². The fourth-order valence-corrected chi connectivity index (χ4v) is 2.13. The summed E-state index contributed by atoms with van der Waals surface area (Å²) in [4.78, 5) is 35.4. The van der Waals surface area contributed by atoms with Crippen molar-refractivity contribution in [3.63, 3.8) is 0 Å². The molecule has 0 aromatic heterocycles. The smallest absolute Gasteiger partial charge is 0.387 e. The first kappa shape index (κ1) is 20.8. The Bertz CT molecular complexity index is 821. The first-order valence-electron chi connectivity index (χ1n) is 8.05. The fraction of sp³-hybridized carbons (Fsp3) is 0.211. The Morgan fingerprint density at radius 3 is 2.14 bits per heavy atom. The first-order valence-corrected chi connectivity index (χ1v) is 8.05. The number of esters is 1. The van der Waals surface area contributed by atoms with Gasteiger partial charge in [0.1, 0.15) is 11.5 Å². The normalized spacial score (nSPS) is 10.3. The average Bonchev–Trinajstić information content (AvgIpc) is 2.67. The quantitative estimate of drug-likeness (QED) is 0.693. The molecule has 0 saturated heterocycles. The molecule has 1 N–H and O–H groups in total. The van der Waals surface area contributed by atoms with Crippen molar-refractivity contribution in [1.82, 2.24) is 5.32 Å². The Balaban J connectivity index is 1.77. The maximum atomic E-state index is 12.1. The van der Waals surface area contributed by atoms with Crippen LogP contribution in [-0.2, 0) is 20.7 Å². The van der Waals surface area contributed by atoms with Crippen molar-refractivity contribution in [3.8, 4) is 11.5 Å². The number of rotatable bonds is 8. The molecule has 0 bridgehead atoms. The van der Waals surface area contributed by atoms with Crippen LogP contribution in [0.1, 0.15) is 15.9 Å². The maximum absolute atomic E-state index is 12.1. The van der Waals surface area contributed by atoms with Gasteiger partial charge in [-0.25, -0.2) is 0 Å². The fourth-order valence-electron chi connectivity index (χ4n) is 2.13. The van der Waals surface area contributed by atoms with Gasteiger partial charge in [-0.15, -0.1) is 0 Å². The van der Waals surface area contributed by atoms with E-state index in [-0.39, 0.29) is 17.7 Å². The highest BCUT2D eigenvalue weighted by molar-refractivity contribution is 6.05. The topological polar surface area (TPSA) is 90.9 Å². The average molecular weight is 393 g/mol. The predicted molar refractivity (Wildman–Crippen MR) is 93.2 cm³/mol. The molecule has 0 radical (unpaired) electrons. The van der Waals surface area contributed by atoms with E-state index in [9.17, 15) is 23.2 Å². The molecular formula is C19H17F2NO6. The van der Waals surface area contributed by atoms with Crippen molar-refractivity contribution < 1.29 is 37.4 Å². The molecule has 2 amide bonds. The Kier molecular flexibility index (Phi) is 7.44. The number of alkyl halides is 2. The molecule has 148 valence electrons. The van der Waals surface area contributed by atoms with E-state index in [1.165, 1.54) is 31.4 Å². The number of carbonyl (C=O) groups excluding carboxylic acids is 3. The molecule has 2 rings (SSSR count). The number of nitrogens with one attached hydrogen (secondary N) is 1. The zero-order valence-corrected chi connectivity index (χ0v) is 14.8. The molecular weight excluding hydrogens is 376 g/mol. The minimum atomic E-state index is -2.98. The van der Waals surface area contributed by atoms with Gasteiger partial charge in [-0.1, -0.05) is 12.1 Å². The number of methoxy groups -OCH3 is 1. The lowest BCUT2D eigenvalue weighted by atomic mass is 10.1. The highest BCUT2D eigenvalue weighted by Crippen LogP contribution is 2.15. The summed E-state index contributed by atoms with van der Waals surface area (Å²) >= 11 is 0. The van der Waals surface area contributed by atoms with Crippen LogP contribution in [0.2, 0.25) is 0 Å². The molecule has 0 heterocycles. The zero-order chi connectivity index (χ0) is 20.5. The second-order valence-corrected chi connectivity index (χ2v) is 5.47. The number of ether oxygens (including phenoxy) is 3. The van der Waals surface area contributed by atoms with Gasteiger partial charge in [-0.05, 0) is 42.0 Å². The summed E-state index contributed by atoms with van der Waals surface area (Å²) in [5.74, 6) is -1.70. The van der Waals surface area contributed by atoms with Crippen LogP contribution < -0.4 is 14.8 Å². The van der Waals surface area contributed by atoms with E-state index in [2.05, 4.69) is 4.74 Å². The number of halogens is 2. The van der Waals surface area contributed by atoms with Gasteiger partial charge in [0, 0.05) is 5.56 Å². The third-order valence-electron chi connectivity index (χ3n) is 3.47. The SMILES string of the molecule is COc1ccc(CC(=O)OCC(=O)NC(=O)c2ccc(OC(F)F)cc2)cc1. The minimum absolute atomic E-state index is 0.0448. The standard InChI is InChI=1S/C19H17F2NO6/c1-26-14-6-2-12(3-7-14)10-17(24)27-11-16(23)22-18(25)13-4-8-15(9-5-13)28-19(20)21/h2-9,19H,10-11H2,1H3,(H,22,23,25). The molecule has 0 atom stereocenters. The number of benzene rings is 2. The monoisotopic (exact) mass is 393 g/mol. The number of hydrogen-bond donors (Lipinski definition) is 1. The van der Waals surface area contributed by atoms with Gasteiger partial charge in [-0.2, -0.15) is 8.78 Å². The van der Waals surface area contributed by atoms with Crippen LogP contribution in [0.4, 0.5) is 8.78 Å². The summed E-state index contributed by atoms with van der Waals surface area (Å²) in [6, 6.07) is 11.5. The van der Waals surface area contributed by atoms with Crippen LogP contribution in [0, 0.1) is 0 Å². The molecule has 0 saturated carbocycles. The van der Waals surface area contributed by atoms with Gasteiger partial charge >= 0.3 is 12.6 Å². The summed E-state index contributed by atoms with van der Waals surface area (Å²) in [6.45, 7) is -3.61. The van der Waals surface area contributed by atoms with Gasteiger partial charge < -0.3 is 14.2 Å². The van der Waals surface area contributed by atoms with Crippen LogP contribution in [0.3, 0.4) is 0 Å². The zero-order valence-electron chi connectivity index (χ0n) is 14.8. The summed E-state index contributed by atoms with van der Waals surface area (Å²) in [5.41, 5.74) is 0.730. The lowest BCUT2D eigenvalue weighted by Gasteiger charge is -2.07. The molecule has 2 aromatic carbocycles. The number of carbonyl (C=O) groups is 3. The largest absolute Gasteiger partial charge is 0.497 e. The van der Waals surface area contributed by atoms with Crippen LogP contribution in [0.15, 0.2) is 48.5 Å². The highest BCUT2D eigenvalue weighted by atomic mass is 19.3. The van der Waals surface area contributed by atoms with E-state index >= 15 is 0 Å². The van der Waals surface area contributed by atoms with E-state index in [4.69, 9.17) is 9.47 Å². The van der Waals surface area contributed by atoms with Crippen LogP contribution in [0.5, 0.6) is 11.5 Å². The van der Waals surface area contributed by atoms with E-state index in [1.54, 1.807) is 24.3 Å². The van der Waals surface area contributed by atoms with Crippen molar-refractivity contribution in [2.75, 3.05) is 13.7 Å². The van der Waals surface area contributed by atoms with Crippen molar-refractivity contribution in [1.29, 1.82) is 0 Å². The van der Waals surface area contributed by atoms with Crippen molar-refractivity contribution in [2.24, 2.45) is 0 Å². The third-order valence-corrected chi connectivity index (χ3v) is 3.47. The molecule has 0 aliphatic rings. The first-order chi connectivity index (χ1) is 13.4. The van der Waals surface area contributed by atoms with Gasteiger partial charge in [0.15, 0.2) is 6.61 Å². The summed E-state index contributed by atoms with van der Waals surface area (Å²) in [5, 5.41) is 2.03. The number of imide groups is 1. The molecule has 2 aromatic rings. The molecule has 0 spiro atoms. The molecule has 9 heteroatoms. The van der Waals surface area contributed by atoms with Crippen LogP contribution >= 0.6 is 0 Å². The Morgan fingerprint density at radius 2 is 1.57 bits per heavy atom. The highest BCUT2D eigenvalue weighted by Gasteiger charge is 2.14. The van der Waals surface area contributed by atoms with E-state index in [0.717, 1.165) is 0 Å². The molecule has 0 unspecified atom stereocenters. The Hall–Kier alpha value is -3.49. The maximum Gasteiger partial charge on any atom is 0.387 e. The van der Waals surface area contributed by atoms with E-state index in [0.29, 0.717) is 11.3 Å². The lowest BCUT2D eigenvalue weighted by molar-refractivity contribution is -0.147. The molecule has 28 heavy (non-hydrogen) atoms. The number of amides is 2. The molecule has 0 aliphatic carbocycles. The van der Waals surface area contributed by atoms with Gasteiger partial charge in [0.05, 0.1) is 13.5 Å². The second kappa shape index (κ2) is 10.0. The lowest BCUT2D eigenvalue weighted by Crippen LogP contribution is -2.34. The van der Waals surface area contributed by atoms with Crippen molar-refractivity contribution in [2.45, 2.75) is 13.0 Å². The second-order valence-electron chi connectivity index (χ2n) is 5.47. The van der Waals surface area contributed by atoms with Gasteiger partial charge in [0.2, 0.25) is 0 Å². The van der Waals surface area contributed by atoms with E-state index in [1.807, 2.05) is 5.32 Å². The van der Waals surface area contributed by atoms with E-state index < -0.39 is 31.0 Å². The Morgan fingerprint density at radius 1 is 0.964 bits per heavy atom. The summed E-state index contributed by atoms with van der Waals surface area (Å²) in [7, 11) is 1.52. The minimum Gasteiger partial charge on any atom is -0.497 e. The van der Waals surface area contributed by atoms with Gasteiger partial charge in [0.25, 0.3) is 11.8 Å². The van der Waals surface area contributed by atoms with Crippen molar-refractivity contribution in [3.05, 3.63) is 59.7 Å². The Labute approximate surface area is 159 Å². The third kappa shape index (κ3) is 6.67.